The van der Waals surface area contributed by atoms with Crippen LogP contribution >= 0.6 is 0 Å². The molecule has 1 fully saturated rings. The molecule has 1 heterocycles. The molecule has 0 radical (unpaired) electrons. The molecule has 14 heavy (non-hydrogen) atoms. The lowest BCUT2D eigenvalue weighted by molar-refractivity contribution is 0.489. The minimum Gasteiger partial charge on any atom is -0.381 e. The Morgan fingerprint density at radius 2 is 1.93 bits per heavy atom. The molecular weight excluding hydrogens is 181 g/mol. The van der Waals surface area contributed by atoms with Crippen molar-refractivity contribution in [2.24, 2.45) is 12.5 Å². The minimum atomic E-state index is -0.347. The van der Waals surface area contributed by atoms with E-state index in [4.69, 9.17) is 5.73 Å². The van der Waals surface area contributed by atoms with Crippen LogP contribution in [0.15, 0.2) is 0 Å². The molecule has 1 atom stereocenters. The van der Waals surface area contributed by atoms with Gasteiger partial charge in [0.05, 0.1) is 0 Å². The molecule has 3 nitrogen and oxygen atoms in total. The summed E-state index contributed by atoms with van der Waals surface area (Å²) in [6.45, 7) is 6.28. The molecule has 1 aromatic heterocycles. The number of nitrogens with two attached hydrogens (primary N) is 1. The number of rotatable bonds is 1. The van der Waals surface area contributed by atoms with Gasteiger partial charge in [-0.25, -0.2) is 4.39 Å². The molecule has 0 aliphatic heterocycles. The first-order valence-electron chi connectivity index (χ1n) is 4.78. The average molecular weight is 197 g/mol. The van der Waals surface area contributed by atoms with Crippen LogP contribution in [0.2, 0.25) is 0 Å². The maximum Gasteiger partial charge on any atom is 0.188 e. The second-order valence-corrected chi connectivity index (χ2v) is 5.06. The predicted octanol–water partition coefficient (Wildman–Crippen LogP) is 1.83. The van der Waals surface area contributed by atoms with Crippen molar-refractivity contribution in [3.05, 3.63) is 11.5 Å². The maximum absolute atomic E-state index is 13.7. The highest BCUT2D eigenvalue weighted by Crippen LogP contribution is 2.64. The number of aryl methyl sites for hydroxylation is 1. The zero-order chi connectivity index (χ0) is 10.7. The minimum absolute atomic E-state index is 0.129. The molecule has 0 amide bonds. The third kappa shape index (κ3) is 0.938. The van der Waals surface area contributed by atoms with E-state index in [1.165, 1.54) is 4.68 Å². The van der Waals surface area contributed by atoms with Gasteiger partial charge >= 0.3 is 0 Å². The average Bonchev–Trinajstić information content (AvgIpc) is 2.48. The fraction of sp³-hybridized carbons (Fsp3) is 0.700. The van der Waals surface area contributed by atoms with Crippen molar-refractivity contribution < 1.29 is 4.39 Å². The molecule has 0 saturated heterocycles. The first-order chi connectivity index (χ1) is 6.29. The van der Waals surface area contributed by atoms with Crippen LogP contribution in [0.1, 0.15) is 32.9 Å². The molecule has 1 saturated carbocycles. The van der Waals surface area contributed by atoms with Crippen LogP contribution in [0, 0.1) is 11.2 Å². The summed E-state index contributed by atoms with van der Waals surface area (Å²) in [7, 11) is 1.67. The third-order valence-electron chi connectivity index (χ3n) is 3.72. The van der Waals surface area contributed by atoms with Gasteiger partial charge in [0, 0.05) is 12.5 Å². The molecule has 1 aromatic rings. The van der Waals surface area contributed by atoms with Gasteiger partial charge in [-0.05, 0) is 11.8 Å². The lowest BCUT2D eigenvalue weighted by Gasteiger charge is -2.11. The summed E-state index contributed by atoms with van der Waals surface area (Å²) in [5, 5.41) is 4.16. The SMILES string of the molecule is Cn1nc(C2(C)CC2(C)C)c(F)c1N. The Kier molecular flexibility index (Phi) is 1.56. The van der Waals surface area contributed by atoms with Crippen molar-refractivity contribution in [1.82, 2.24) is 9.78 Å². The molecule has 0 spiro atoms. The van der Waals surface area contributed by atoms with Crippen molar-refractivity contribution >= 4 is 5.82 Å². The van der Waals surface area contributed by atoms with E-state index in [0.29, 0.717) is 5.69 Å². The summed E-state index contributed by atoms with van der Waals surface area (Å²) in [5.41, 5.74) is 6.04. The van der Waals surface area contributed by atoms with Gasteiger partial charge in [-0.15, -0.1) is 0 Å². The smallest absolute Gasteiger partial charge is 0.188 e. The number of nitrogens with zero attached hydrogens (tertiary/aromatic N) is 2. The number of anilines is 1. The molecule has 1 aliphatic rings. The number of nitrogen functional groups attached to an aromatic ring is 1. The Labute approximate surface area is 83.1 Å². The van der Waals surface area contributed by atoms with E-state index < -0.39 is 0 Å². The normalized spacial score (nSPS) is 29.2. The summed E-state index contributed by atoms with van der Waals surface area (Å²) in [5.74, 6) is -0.218. The van der Waals surface area contributed by atoms with E-state index >= 15 is 0 Å². The van der Waals surface area contributed by atoms with Gasteiger partial charge in [0.15, 0.2) is 11.6 Å². The van der Waals surface area contributed by atoms with E-state index in [1.54, 1.807) is 7.05 Å². The summed E-state index contributed by atoms with van der Waals surface area (Å²) in [6, 6.07) is 0. The summed E-state index contributed by atoms with van der Waals surface area (Å²) in [6.07, 6.45) is 0.966. The van der Waals surface area contributed by atoms with Gasteiger partial charge in [-0.1, -0.05) is 20.8 Å². The number of aromatic nitrogens is 2. The predicted molar refractivity (Wildman–Crippen MR) is 53.3 cm³/mol. The molecule has 1 unspecified atom stereocenters. The van der Waals surface area contributed by atoms with Crippen molar-refractivity contribution in [2.45, 2.75) is 32.6 Å². The monoisotopic (exact) mass is 197 g/mol. The van der Waals surface area contributed by atoms with Crippen LogP contribution in [0.4, 0.5) is 10.2 Å². The lowest BCUT2D eigenvalue weighted by atomic mass is 9.94. The summed E-state index contributed by atoms with van der Waals surface area (Å²) >= 11 is 0. The summed E-state index contributed by atoms with van der Waals surface area (Å²) < 4.78 is 15.1. The van der Waals surface area contributed by atoms with E-state index in [0.717, 1.165) is 6.42 Å². The van der Waals surface area contributed by atoms with Gasteiger partial charge in [0.25, 0.3) is 0 Å². The molecule has 2 rings (SSSR count). The molecule has 78 valence electrons. The molecule has 4 heteroatoms. The van der Waals surface area contributed by atoms with Gasteiger partial charge in [0.1, 0.15) is 5.69 Å². The lowest BCUT2D eigenvalue weighted by Crippen LogP contribution is -2.12. The van der Waals surface area contributed by atoms with Gasteiger partial charge in [0.2, 0.25) is 0 Å². The Balaban J connectivity index is 2.50. The van der Waals surface area contributed by atoms with Gasteiger partial charge < -0.3 is 5.73 Å². The molecule has 1 aliphatic carbocycles. The molecule has 0 aromatic carbocycles. The van der Waals surface area contributed by atoms with Crippen molar-refractivity contribution in [3.63, 3.8) is 0 Å². The van der Waals surface area contributed by atoms with Crippen LogP contribution in [0.3, 0.4) is 0 Å². The van der Waals surface area contributed by atoms with Crippen LogP contribution in [-0.4, -0.2) is 9.78 Å². The third-order valence-corrected chi connectivity index (χ3v) is 3.72. The standard InChI is InChI=1S/C10H16FN3/c1-9(2)5-10(9,3)7-6(11)8(12)14(4)13-7/h5,12H2,1-4H3. The Morgan fingerprint density at radius 3 is 2.21 bits per heavy atom. The van der Waals surface area contributed by atoms with E-state index in [-0.39, 0.29) is 22.5 Å². The number of hydrogen-bond acceptors (Lipinski definition) is 2. The Morgan fingerprint density at radius 1 is 1.43 bits per heavy atom. The quantitative estimate of drug-likeness (QED) is 0.746. The first-order valence-corrected chi connectivity index (χ1v) is 4.78. The molecule has 0 bridgehead atoms. The molecule has 2 N–H and O–H groups in total. The highest BCUT2D eigenvalue weighted by atomic mass is 19.1. The van der Waals surface area contributed by atoms with E-state index in [1.807, 2.05) is 6.92 Å². The fourth-order valence-electron chi connectivity index (χ4n) is 2.11. The zero-order valence-electron chi connectivity index (χ0n) is 9.06. The second kappa shape index (κ2) is 2.30. The van der Waals surface area contributed by atoms with Gasteiger partial charge in [-0.3, -0.25) is 4.68 Å². The number of hydrogen-bond donors (Lipinski definition) is 1. The van der Waals surface area contributed by atoms with Crippen LogP contribution < -0.4 is 5.73 Å². The van der Waals surface area contributed by atoms with Crippen LogP contribution in [0.25, 0.3) is 0 Å². The topological polar surface area (TPSA) is 43.8 Å². The van der Waals surface area contributed by atoms with Crippen LogP contribution in [-0.2, 0) is 12.5 Å². The van der Waals surface area contributed by atoms with Crippen molar-refractivity contribution in [1.29, 1.82) is 0 Å². The maximum atomic E-state index is 13.7. The van der Waals surface area contributed by atoms with Crippen molar-refractivity contribution in [2.75, 3.05) is 5.73 Å². The first kappa shape index (κ1) is 9.49. The van der Waals surface area contributed by atoms with Crippen molar-refractivity contribution in [3.8, 4) is 0 Å². The molecular formula is C10H16FN3. The van der Waals surface area contributed by atoms with Crippen LogP contribution in [0.5, 0.6) is 0 Å². The zero-order valence-corrected chi connectivity index (χ0v) is 9.06. The van der Waals surface area contributed by atoms with E-state index in [2.05, 4.69) is 18.9 Å². The summed E-state index contributed by atoms with van der Waals surface area (Å²) in [4.78, 5) is 0. The highest BCUT2D eigenvalue weighted by molar-refractivity contribution is 5.41. The Bertz CT molecular complexity index is 394. The Hall–Kier alpha value is -1.06. The van der Waals surface area contributed by atoms with E-state index in [9.17, 15) is 4.39 Å². The highest BCUT2D eigenvalue weighted by Gasteiger charge is 2.61. The fourth-order valence-corrected chi connectivity index (χ4v) is 2.11. The number of halogens is 1. The van der Waals surface area contributed by atoms with Gasteiger partial charge in [-0.2, -0.15) is 5.10 Å². The second-order valence-electron chi connectivity index (χ2n) is 5.06. The largest absolute Gasteiger partial charge is 0.381 e.